The highest BCUT2D eigenvalue weighted by atomic mass is 16.5. The zero-order chi connectivity index (χ0) is 10.1. The van der Waals surface area contributed by atoms with Gasteiger partial charge in [0, 0.05) is 5.71 Å². The fraction of sp³-hybridized carbons (Fsp3) is 0.778. The summed E-state index contributed by atoms with van der Waals surface area (Å²) in [6.45, 7) is 4.17. The molecular weight excluding hydrogens is 168 g/mol. The van der Waals surface area contributed by atoms with E-state index < -0.39 is 6.09 Å². The predicted molar refractivity (Wildman–Crippen MR) is 52.8 cm³/mol. The van der Waals surface area contributed by atoms with Gasteiger partial charge in [-0.15, -0.1) is 0 Å². The van der Waals surface area contributed by atoms with Crippen LogP contribution in [0.25, 0.3) is 0 Å². The lowest BCUT2D eigenvalue weighted by Gasteiger charge is -2.03. The summed E-state index contributed by atoms with van der Waals surface area (Å²) in [5.41, 5.74) is 3.35. The molecule has 1 N–H and O–H groups in total. The number of hydrogen-bond acceptors (Lipinski definition) is 3. The maximum absolute atomic E-state index is 10.7. The standard InChI is InChI=1S/C9H18N2O2/c1-4-6-8(7-5-2)10-11-9(12)13-3/h4-7H2,1-3H3,(H,11,12). The number of carbonyl (C=O) groups excluding carboxylic acids is 1. The molecule has 0 saturated heterocycles. The molecule has 0 aromatic rings. The number of carbonyl (C=O) groups is 1. The van der Waals surface area contributed by atoms with Gasteiger partial charge in [0.1, 0.15) is 0 Å². The zero-order valence-electron chi connectivity index (χ0n) is 8.59. The first-order valence-electron chi connectivity index (χ1n) is 4.64. The van der Waals surface area contributed by atoms with Crippen molar-refractivity contribution in [2.45, 2.75) is 39.5 Å². The fourth-order valence-corrected chi connectivity index (χ4v) is 0.984. The van der Waals surface area contributed by atoms with Crippen molar-refractivity contribution in [3.8, 4) is 0 Å². The van der Waals surface area contributed by atoms with Crippen LogP contribution in [0.2, 0.25) is 0 Å². The van der Waals surface area contributed by atoms with E-state index in [2.05, 4.69) is 29.1 Å². The average Bonchev–Trinajstić information content (AvgIpc) is 2.14. The van der Waals surface area contributed by atoms with Crippen molar-refractivity contribution in [3.63, 3.8) is 0 Å². The van der Waals surface area contributed by atoms with Crippen LogP contribution in [0.15, 0.2) is 5.10 Å². The van der Waals surface area contributed by atoms with E-state index in [-0.39, 0.29) is 0 Å². The van der Waals surface area contributed by atoms with E-state index >= 15 is 0 Å². The topological polar surface area (TPSA) is 50.7 Å². The highest BCUT2D eigenvalue weighted by Gasteiger charge is 1.99. The van der Waals surface area contributed by atoms with E-state index in [9.17, 15) is 4.79 Å². The summed E-state index contributed by atoms with van der Waals surface area (Å²) in [5.74, 6) is 0. The van der Waals surface area contributed by atoms with Gasteiger partial charge in [-0.3, -0.25) is 0 Å². The van der Waals surface area contributed by atoms with Crippen LogP contribution in [-0.2, 0) is 4.74 Å². The molecule has 0 aliphatic carbocycles. The molecule has 0 fully saturated rings. The number of rotatable bonds is 5. The second-order valence-electron chi connectivity index (χ2n) is 2.78. The Morgan fingerprint density at radius 3 is 2.23 bits per heavy atom. The molecule has 0 aliphatic heterocycles. The Bertz CT molecular complexity index is 170. The summed E-state index contributed by atoms with van der Waals surface area (Å²) < 4.78 is 4.40. The predicted octanol–water partition coefficient (Wildman–Crippen LogP) is 2.30. The van der Waals surface area contributed by atoms with E-state index in [1.807, 2.05) is 0 Å². The first-order chi connectivity index (χ1) is 6.24. The van der Waals surface area contributed by atoms with Gasteiger partial charge >= 0.3 is 6.09 Å². The first-order valence-corrected chi connectivity index (χ1v) is 4.64. The summed E-state index contributed by atoms with van der Waals surface area (Å²) in [6.07, 6.45) is 3.43. The minimum atomic E-state index is -0.510. The average molecular weight is 186 g/mol. The summed E-state index contributed by atoms with van der Waals surface area (Å²) in [7, 11) is 1.32. The van der Waals surface area contributed by atoms with Crippen molar-refractivity contribution in [3.05, 3.63) is 0 Å². The van der Waals surface area contributed by atoms with Gasteiger partial charge < -0.3 is 4.74 Å². The lowest BCUT2D eigenvalue weighted by molar-refractivity contribution is 0.171. The minimum absolute atomic E-state index is 0.510. The van der Waals surface area contributed by atoms with Gasteiger partial charge in [-0.05, 0) is 12.8 Å². The number of amides is 1. The lowest BCUT2D eigenvalue weighted by Crippen LogP contribution is -2.19. The van der Waals surface area contributed by atoms with E-state index in [4.69, 9.17) is 0 Å². The van der Waals surface area contributed by atoms with Crippen LogP contribution in [0.3, 0.4) is 0 Å². The van der Waals surface area contributed by atoms with Crippen molar-refractivity contribution >= 4 is 11.8 Å². The van der Waals surface area contributed by atoms with Crippen LogP contribution in [0.4, 0.5) is 4.79 Å². The molecule has 0 aromatic heterocycles. The highest BCUT2D eigenvalue weighted by molar-refractivity contribution is 5.85. The molecule has 0 heterocycles. The summed E-state index contributed by atoms with van der Waals surface area (Å²) in [5, 5.41) is 3.97. The summed E-state index contributed by atoms with van der Waals surface area (Å²) in [4.78, 5) is 10.7. The van der Waals surface area contributed by atoms with Crippen molar-refractivity contribution in [1.29, 1.82) is 0 Å². The van der Waals surface area contributed by atoms with Gasteiger partial charge in [0.2, 0.25) is 0 Å². The van der Waals surface area contributed by atoms with Gasteiger partial charge in [0.25, 0.3) is 0 Å². The van der Waals surface area contributed by atoms with E-state index in [1.54, 1.807) is 0 Å². The molecule has 4 nitrogen and oxygen atoms in total. The van der Waals surface area contributed by atoms with E-state index in [0.717, 1.165) is 31.4 Å². The van der Waals surface area contributed by atoms with Gasteiger partial charge in [-0.1, -0.05) is 26.7 Å². The zero-order valence-corrected chi connectivity index (χ0v) is 8.59. The maximum Gasteiger partial charge on any atom is 0.427 e. The Kier molecular flexibility index (Phi) is 6.96. The monoisotopic (exact) mass is 186 g/mol. The molecule has 0 spiro atoms. The molecule has 1 amide bonds. The number of hydrazone groups is 1. The third kappa shape index (κ3) is 6.13. The molecular formula is C9H18N2O2. The quantitative estimate of drug-likeness (QED) is 0.529. The fourth-order valence-electron chi connectivity index (χ4n) is 0.984. The molecule has 0 atom stereocenters. The Labute approximate surface area is 79.3 Å². The summed E-state index contributed by atoms with van der Waals surface area (Å²) in [6, 6.07) is 0. The second-order valence-corrected chi connectivity index (χ2v) is 2.78. The van der Waals surface area contributed by atoms with Gasteiger partial charge in [0.05, 0.1) is 7.11 Å². The number of nitrogens with one attached hydrogen (secondary N) is 1. The van der Waals surface area contributed by atoms with Crippen LogP contribution in [0.1, 0.15) is 39.5 Å². The lowest BCUT2D eigenvalue weighted by atomic mass is 10.1. The van der Waals surface area contributed by atoms with Crippen molar-refractivity contribution in [1.82, 2.24) is 5.43 Å². The van der Waals surface area contributed by atoms with Crippen LogP contribution in [0.5, 0.6) is 0 Å². The minimum Gasteiger partial charge on any atom is -0.452 e. The Hall–Kier alpha value is -1.06. The molecule has 0 aromatic carbocycles. The number of nitrogens with zero attached hydrogens (tertiary/aromatic N) is 1. The van der Waals surface area contributed by atoms with E-state index in [1.165, 1.54) is 7.11 Å². The Balaban J connectivity index is 3.94. The Morgan fingerprint density at radius 1 is 1.31 bits per heavy atom. The summed E-state index contributed by atoms with van der Waals surface area (Å²) >= 11 is 0. The largest absolute Gasteiger partial charge is 0.452 e. The molecule has 76 valence electrons. The van der Waals surface area contributed by atoms with Crippen molar-refractivity contribution in [2.24, 2.45) is 5.10 Å². The molecule has 13 heavy (non-hydrogen) atoms. The van der Waals surface area contributed by atoms with Gasteiger partial charge in [0.15, 0.2) is 0 Å². The van der Waals surface area contributed by atoms with Crippen LogP contribution >= 0.6 is 0 Å². The number of methoxy groups -OCH3 is 1. The van der Waals surface area contributed by atoms with Gasteiger partial charge in [-0.2, -0.15) is 5.10 Å². The second kappa shape index (κ2) is 7.58. The molecule has 0 aliphatic rings. The molecule has 0 unspecified atom stereocenters. The molecule has 4 heteroatoms. The van der Waals surface area contributed by atoms with Crippen molar-refractivity contribution < 1.29 is 9.53 Å². The third-order valence-electron chi connectivity index (χ3n) is 1.57. The smallest absolute Gasteiger partial charge is 0.427 e. The number of ether oxygens (including phenoxy) is 1. The third-order valence-corrected chi connectivity index (χ3v) is 1.57. The highest BCUT2D eigenvalue weighted by Crippen LogP contribution is 1.99. The molecule has 0 rings (SSSR count). The van der Waals surface area contributed by atoms with Crippen LogP contribution < -0.4 is 5.43 Å². The maximum atomic E-state index is 10.7. The Morgan fingerprint density at radius 2 is 1.85 bits per heavy atom. The first kappa shape index (κ1) is 11.9. The molecule has 0 bridgehead atoms. The SMILES string of the molecule is CCCC(CCC)=NNC(=O)OC. The van der Waals surface area contributed by atoms with E-state index in [0.29, 0.717) is 0 Å². The van der Waals surface area contributed by atoms with Crippen LogP contribution in [0, 0.1) is 0 Å². The normalized spacial score (nSPS) is 9.15. The molecule has 0 radical (unpaired) electrons. The number of hydrogen-bond donors (Lipinski definition) is 1. The molecule has 0 saturated carbocycles. The van der Waals surface area contributed by atoms with Crippen LogP contribution in [-0.4, -0.2) is 18.9 Å². The van der Waals surface area contributed by atoms with Gasteiger partial charge in [-0.25, -0.2) is 10.2 Å². The van der Waals surface area contributed by atoms with Crippen molar-refractivity contribution in [2.75, 3.05) is 7.11 Å².